The highest BCUT2D eigenvalue weighted by atomic mass is 35.5. The monoisotopic (exact) mass is 459 g/mol. The van der Waals surface area contributed by atoms with E-state index in [-0.39, 0.29) is 5.91 Å². The van der Waals surface area contributed by atoms with Crippen LogP contribution in [0.25, 0.3) is 27.7 Å². The van der Waals surface area contributed by atoms with Gasteiger partial charge in [-0.25, -0.2) is 0 Å². The first-order valence-corrected chi connectivity index (χ1v) is 10.8. The maximum Gasteiger partial charge on any atom is 0.247 e. The molecule has 0 atom stereocenters. The van der Waals surface area contributed by atoms with Crippen LogP contribution < -0.4 is 4.74 Å². The highest BCUT2D eigenvalue weighted by molar-refractivity contribution is 6.36. The fourth-order valence-corrected chi connectivity index (χ4v) is 4.44. The molecule has 0 aliphatic carbocycles. The van der Waals surface area contributed by atoms with E-state index < -0.39 is 0 Å². The van der Waals surface area contributed by atoms with Gasteiger partial charge in [-0.2, -0.15) is 0 Å². The lowest BCUT2D eigenvalue weighted by Crippen LogP contribution is -2.39. The molecule has 1 aliphatic heterocycles. The maximum absolute atomic E-state index is 12.7. The van der Waals surface area contributed by atoms with Crippen LogP contribution in [0.5, 0.6) is 5.75 Å². The molecule has 5 nitrogen and oxygen atoms in total. The van der Waals surface area contributed by atoms with Crippen molar-refractivity contribution in [2.45, 2.75) is 13.8 Å². The molecular weight excluding hydrogens is 437 g/mol. The van der Waals surface area contributed by atoms with Gasteiger partial charge in [0.25, 0.3) is 0 Å². The summed E-state index contributed by atoms with van der Waals surface area (Å²) in [6.45, 7) is 6.17. The zero-order chi connectivity index (χ0) is 22.1. The normalized spacial score (nSPS) is 14.9. The van der Waals surface area contributed by atoms with Crippen LogP contribution in [-0.4, -0.2) is 44.2 Å². The Kier molecular flexibility index (Phi) is 6.28. The van der Waals surface area contributed by atoms with Crippen molar-refractivity contribution >= 4 is 45.7 Å². The van der Waals surface area contributed by atoms with E-state index >= 15 is 0 Å². The van der Waals surface area contributed by atoms with E-state index in [9.17, 15) is 4.79 Å². The predicted octanol–water partition coefficient (Wildman–Crippen LogP) is 5.99. The van der Waals surface area contributed by atoms with Crippen LogP contribution in [0.1, 0.15) is 18.1 Å². The van der Waals surface area contributed by atoms with Gasteiger partial charge in [-0.3, -0.25) is 4.79 Å². The number of hydrogen-bond acceptors (Lipinski definition) is 4. The van der Waals surface area contributed by atoms with Crippen molar-refractivity contribution in [3.05, 3.63) is 57.8 Å². The number of carbonyl (C=O) groups excluding carboxylic acids is 1. The number of hydrogen-bond donors (Lipinski definition) is 0. The lowest BCUT2D eigenvalue weighted by Gasteiger charge is -2.26. The summed E-state index contributed by atoms with van der Waals surface area (Å²) in [6.07, 6.45) is 3.34. The Hall–Kier alpha value is -2.47. The number of carbonyl (C=O) groups is 1. The molecule has 1 saturated heterocycles. The molecule has 0 N–H and O–H groups in total. The Morgan fingerprint density at radius 2 is 1.90 bits per heavy atom. The van der Waals surface area contributed by atoms with E-state index in [1.165, 1.54) is 0 Å². The molecule has 2 heterocycles. The number of fused-ring (bicyclic) bond motifs is 1. The quantitative estimate of drug-likeness (QED) is 0.449. The third-order valence-electron chi connectivity index (χ3n) is 5.56. The number of methoxy groups -OCH3 is 1. The van der Waals surface area contributed by atoms with Crippen molar-refractivity contribution in [1.29, 1.82) is 0 Å². The van der Waals surface area contributed by atoms with Crippen LogP contribution in [0.15, 0.2) is 41.0 Å². The van der Waals surface area contributed by atoms with Crippen molar-refractivity contribution in [2.24, 2.45) is 0 Å². The number of benzene rings is 2. The summed E-state index contributed by atoms with van der Waals surface area (Å²) in [4.78, 5) is 14.5. The first-order chi connectivity index (χ1) is 14.9. The molecule has 0 radical (unpaired) electrons. The minimum Gasteiger partial charge on any atom is -0.496 e. The number of nitrogens with zero attached hydrogens (tertiary/aromatic N) is 1. The number of aryl methyl sites for hydroxylation is 1. The highest BCUT2D eigenvalue weighted by Crippen LogP contribution is 2.42. The third kappa shape index (κ3) is 4.18. The fourth-order valence-electron chi connectivity index (χ4n) is 3.93. The van der Waals surface area contributed by atoms with Gasteiger partial charge < -0.3 is 18.8 Å². The fraction of sp³-hybridized carbons (Fsp3) is 0.292. The molecule has 31 heavy (non-hydrogen) atoms. The minimum absolute atomic E-state index is 0.0336. The van der Waals surface area contributed by atoms with E-state index in [0.29, 0.717) is 47.7 Å². The number of allylic oxidation sites excluding steroid dienone is 1. The second kappa shape index (κ2) is 8.95. The van der Waals surface area contributed by atoms with E-state index in [2.05, 4.69) is 0 Å². The smallest absolute Gasteiger partial charge is 0.247 e. The van der Waals surface area contributed by atoms with Crippen LogP contribution in [0.2, 0.25) is 10.0 Å². The molecule has 0 spiro atoms. The summed E-state index contributed by atoms with van der Waals surface area (Å²) in [7, 11) is 1.62. The van der Waals surface area contributed by atoms with Gasteiger partial charge in [0.2, 0.25) is 5.91 Å². The Labute approximate surface area is 191 Å². The molecule has 162 valence electrons. The van der Waals surface area contributed by atoms with Crippen molar-refractivity contribution in [3.8, 4) is 16.9 Å². The van der Waals surface area contributed by atoms with Crippen molar-refractivity contribution in [3.63, 3.8) is 0 Å². The van der Waals surface area contributed by atoms with E-state index in [4.69, 9.17) is 37.1 Å². The van der Waals surface area contributed by atoms with Gasteiger partial charge in [0.05, 0.1) is 31.6 Å². The molecule has 1 aliphatic rings. The van der Waals surface area contributed by atoms with Gasteiger partial charge in [0.15, 0.2) is 0 Å². The van der Waals surface area contributed by atoms with Gasteiger partial charge in [0.1, 0.15) is 11.3 Å². The third-order valence-corrected chi connectivity index (χ3v) is 6.10. The van der Waals surface area contributed by atoms with Gasteiger partial charge in [0, 0.05) is 51.8 Å². The summed E-state index contributed by atoms with van der Waals surface area (Å²) in [5.74, 6) is 0.646. The summed E-state index contributed by atoms with van der Waals surface area (Å²) in [5, 5.41) is 2.00. The van der Waals surface area contributed by atoms with Gasteiger partial charge in [-0.1, -0.05) is 29.3 Å². The Bertz CT molecular complexity index is 1180. The number of furan rings is 1. The van der Waals surface area contributed by atoms with Gasteiger partial charge >= 0.3 is 0 Å². The van der Waals surface area contributed by atoms with Crippen molar-refractivity contribution < 1.29 is 18.7 Å². The van der Waals surface area contributed by atoms with Gasteiger partial charge in [-0.05, 0) is 37.6 Å². The molecule has 4 rings (SSSR count). The molecule has 0 saturated carbocycles. The summed E-state index contributed by atoms with van der Waals surface area (Å²) >= 11 is 12.5. The van der Waals surface area contributed by atoms with Crippen LogP contribution in [0.4, 0.5) is 0 Å². The van der Waals surface area contributed by atoms with Crippen molar-refractivity contribution in [1.82, 2.24) is 4.90 Å². The molecular formula is C24H23Cl2NO4. The lowest BCUT2D eigenvalue weighted by molar-refractivity contribution is -0.129. The number of rotatable bonds is 4. The number of halogens is 2. The molecule has 0 unspecified atom stereocenters. The highest BCUT2D eigenvalue weighted by Gasteiger charge is 2.21. The largest absolute Gasteiger partial charge is 0.496 e. The zero-order valence-corrected chi connectivity index (χ0v) is 19.1. The molecule has 2 aromatic carbocycles. The summed E-state index contributed by atoms with van der Waals surface area (Å²) in [6, 6.07) is 7.37. The first-order valence-electron chi connectivity index (χ1n) is 10.00. The van der Waals surface area contributed by atoms with Crippen LogP contribution >= 0.6 is 23.2 Å². The van der Waals surface area contributed by atoms with Crippen LogP contribution in [-0.2, 0) is 9.53 Å². The molecule has 1 aromatic heterocycles. The minimum atomic E-state index is -0.0336. The second-order valence-corrected chi connectivity index (χ2v) is 8.34. The number of morpholine rings is 1. The Morgan fingerprint density at radius 3 is 2.58 bits per heavy atom. The predicted molar refractivity (Wildman–Crippen MR) is 124 cm³/mol. The Balaban J connectivity index is 1.83. The number of amides is 1. The van der Waals surface area contributed by atoms with E-state index in [1.807, 2.05) is 26.0 Å². The van der Waals surface area contributed by atoms with Crippen LogP contribution in [0, 0.1) is 6.92 Å². The average molecular weight is 460 g/mol. The second-order valence-electron chi connectivity index (χ2n) is 7.50. The molecule has 1 amide bonds. The average Bonchev–Trinajstić information content (AvgIpc) is 3.18. The molecule has 0 bridgehead atoms. The number of ether oxygens (including phenoxy) is 2. The topological polar surface area (TPSA) is 51.9 Å². The zero-order valence-electron chi connectivity index (χ0n) is 17.6. The van der Waals surface area contributed by atoms with E-state index in [0.717, 1.165) is 33.2 Å². The maximum atomic E-state index is 12.7. The van der Waals surface area contributed by atoms with Gasteiger partial charge in [-0.15, -0.1) is 0 Å². The Morgan fingerprint density at radius 1 is 1.16 bits per heavy atom. The van der Waals surface area contributed by atoms with E-state index in [1.54, 1.807) is 36.5 Å². The SMILES string of the molecule is COc1c(/C(C)=C/C(=O)N2CCOCC2)cc2c(-c3ccc(Cl)cc3Cl)coc2c1C. The molecule has 7 heteroatoms. The lowest BCUT2D eigenvalue weighted by atomic mass is 9.96. The van der Waals surface area contributed by atoms with Crippen molar-refractivity contribution in [2.75, 3.05) is 33.4 Å². The first kappa shape index (κ1) is 21.8. The summed E-state index contributed by atoms with van der Waals surface area (Å²) < 4.78 is 16.9. The van der Waals surface area contributed by atoms with Crippen LogP contribution in [0.3, 0.4) is 0 Å². The summed E-state index contributed by atoms with van der Waals surface area (Å²) in [5.41, 5.74) is 4.91. The molecule has 3 aromatic rings. The standard InChI is InChI=1S/C24H23Cl2NO4/c1-14(10-22(28)27-6-8-30-9-7-27)18-12-19-20(17-5-4-16(25)11-21(17)26)13-31-24(19)15(2)23(18)29-3/h4-5,10-13H,6-9H2,1-3H3/b14-10+. The molecule has 1 fully saturated rings.